The molecule has 0 atom stereocenters. The average Bonchev–Trinajstić information content (AvgIpc) is 3.90. The van der Waals surface area contributed by atoms with Crippen LogP contribution in [0.1, 0.15) is 26.7 Å². The van der Waals surface area contributed by atoms with E-state index in [1.165, 1.54) is 11.3 Å². The van der Waals surface area contributed by atoms with Crippen LogP contribution in [0.2, 0.25) is 19.6 Å². The van der Waals surface area contributed by atoms with E-state index in [9.17, 15) is 4.39 Å². The van der Waals surface area contributed by atoms with Gasteiger partial charge in [0, 0.05) is 48.9 Å². The number of hydrogen-bond donors (Lipinski definition) is 0. The van der Waals surface area contributed by atoms with Gasteiger partial charge in [0.15, 0.2) is 0 Å². The van der Waals surface area contributed by atoms with Gasteiger partial charge >= 0.3 is 0 Å². The maximum Gasteiger partial charge on any atom is 0.124 e. The number of thiophene rings is 1. The number of para-hydroxylation sites is 1. The van der Waals surface area contributed by atoms with Crippen molar-refractivity contribution >= 4 is 66.6 Å². The summed E-state index contributed by atoms with van der Waals surface area (Å²) in [7, 11) is -1.50. The molecule has 321 valence electrons. The SMILES string of the molecule is Fc1ccc2c(c1)sc1c(-c3nc4ccc5ccccc5c4n3-c3c(-c4ccccc4)cccc3-c3ccccc3)[c-]ccc12.[2H]C(C)(C)c1cc(-c2[c-]cccc2)ncc1[Si](C)(C)C.[Ir]. The maximum absolute atomic E-state index is 14.4. The first-order valence-electron chi connectivity index (χ1n) is 22.1. The van der Waals surface area contributed by atoms with E-state index in [4.69, 9.17) is 6.35 Å². The Morgan fingerprint density at radius 3 is 2.05 bits per heavy atom. The van der Waals surface area contributed by atoms with Crippen LogP contribution in [-0.4, -0.2) is 22.6 Å². The molecule has 11 rings (SSSR count). The van der Waals surface area contributed by atoms with E-state index >= 15 is 0 Å². The van der Waals surface area contributed by atoms with Crippen molar-refractivity contribution in [2.24, 2.45) is 0 Å². The van der Waals surface area contributed by atoms with E-state index in [1.807, 2.05) is 56.4 Å². The average molecular weight is 1060 g/mol. The molecule has 3 nitrogen and oxygen atoms in total. The molecule has 0 unspecified atom stereocenters. The minimum absolute atomic E-state index is 0. The molecule has 0 aliphatic rings. The quantitative estimate of drug-likeness (QED) is 0.118. The number of nitrogens with zero attached hydrogens (tertiary/aromatic N) is 3. The first-order valence-corrected chi connectivity index (χ1v) is 25.9. The molecule has 65 heavy (non-hydrogen) atoms. The third-order valence-electron chi connectivity index (χ3n) is 11.8. The predicted molar refractivity (Wildman–Crippen MR) is 272 cm³/mol. The van der Waals surface area contributed by atoms with Gasteiger partial charge in [-0.05, 0) is 61.6 Å². The second kappa shape index (κ2) is 18.3. The summed E-state index contributed by atoms with van der Waals surface area (Å²) in [4.78, 5) is 9.99. The molecule has 0 spiro atoms. The topological polar surface area (TPSA) is 30.7 Å². The number of hydrogen-bond acceptors (Lipinski definition) is 3. The molecule has 0 bridgehead atoms. The fourth-order valence-electron chi connectivity index (χ4n) is 8.76. The molecule has 0 amide bonds. The van der Waals surface area contributed by atoms with Crippen LogP contribution in [-0.2, 0) is 20.1 Å². The molecule has 3 aromatic heterocycles. The number of rotatable bonds is 7. The van der Waals surface area contributed by atoms with Crippen molar-refractivity contribution in [3.8, 4) is 50.6 Å². The molecule has 0 N–H and O–H groups in total. The molecule has 11 aromatic rings. The Hall–Kier alpha value is -6.34. The Balaban J connectivity index is 0.000000221. The van der Waals surface area contributed by atoms with E-state index in [0.29, 0.717) is 0 Å². The molecule has 0 saturated heterocycles. The first kappa shape index (κ1) is 42.6. The van der Waals surface area contributed by atoms with Gasteiger partial charge < -0.3 is 9.55 Å². The first-order chi connectivity index (χ1) is 31.4. The molecule has 3 heterocycles. The van der Waals surface area contributed by atoms with Gasteiger partial charge in [0.05, 0.1) is 30.6 Å². The molecule has 0 fully saturated rings. The molecule has 0 saturated carbocycles. The molecule has 7 heteroatoms. The number of pyridine rings is 1. The van der Waals surface area contributed by atoms with Crippen molar-refractivity contribution in [1.82, 2.24) is 14.5 Å². The Morgan fingerprint density at radius 2 is 1.37 bits per heavy atom. The Morgan fingerprint density at radius 1 is 0.677 bits per heavy atom. The summed E-state index contributed by atoms with van der Waals surface area (Å²) < 4.78 is 27.1. The van der Waals surface area contributed by atoms with Crippen LogP contribution >= 0.6 is 11.3 Å². The summed E-state index contributed by atoms with van der Waals surface area (Å²) in [6, 6.07) is 66.2. The van der Waals surface area contributed by atoms with Crippen molar-refractivity contribution < 1.29 is 25.9 Å². The number of aromatic nitrogens is 3. The van der Waals surface area contributed by atoms with Gasteiger partial charge in [-0.3, -0.25) is 4.98 Å². The van der Waals surface area contributed by atoms with E-state index < -0.39 is 14.0 Å². The summed E-state index contributed by atoms with van der Waals surface area (Å²) in [6.45, 7) is 10.8. The maximum atomic E-state index is 14.4. The van der Waals surface area contributed by atoms with E-state index in [-0.39, 0.29) is 25.9 Å². The standard InChI is InChI=1S/C41H24FN2S.C17H22NSi.Ir/c42-29-22-23-33-34-19-10-20-35(40(34)45-37(33)25-29)41-43-36-24-21-28-15-7-8-16-32(28)39(36)44(41)38-30(26-11-3-1-4-12-26)17-9-18-31(38)27-13-5-2-6-14-27;1-13(2)15-11-16(14-9-7-6-8-10-14)18-12-17(15)19(3,4)5;/h1-19,21-25H;6-9,11-13H,1-5H3;/q2*-1;/i;13D;. The Kier molecular flexibility index (Phi) is 12.0. The molecular weight excluding hydrogens is 1010 g/mol. The van der Waals surface area contributed by atoms with E-state index in [0.717, 1.165) is 98.1 Å². The van der Waals surface area contributed by atoms with Crippen LogP contribution < -0.4 is 5.19 Å². The zero-order chi connectivity index (χ0) is 44.9. The molecule has 0 aliphatic heterocycles. The zero-order valence-electron chi connectivity index (χ0n) is 37.8. The van der Waals surface area contributed by atoms with Crippen molar-refractivity contribution in [3.63, 3.8) is 0 Å². The molecular formula is C58H46FIrN3SSi-2. The van der Waals surface area contributed by atoms with E-state index in [1.54, 1.807) is 17.4 Å². The van der Waals surface area contributed by atoms with Crippen LogP contribution in [0.15, 0.2) is 182 Å². The largest absolute Gasteiger partial charge is 0.332 e. The minimum atomic E-state index is -1.50. The summed E-state index contributed by atoms with van der Waals surface area (Å²) in [5.41, 5.74) is 11.4. The van der Waals surface area contributed by atoms with Crippen LogP contribution in [0.3, 0.4) is 0 Å². The van der Waals surface area contributed by atoms with Crippen molar-refractivity contribution in [1.29, 1.82) is 0 Å². The fourth-order valence-corrected chi connectivity index (χ4v) is 11.6. The van der Waals surface area contributed by atoms with Crippen LogP contribution in [0.4, 0.5) is 4.39 Å². The zero-order valence-corrected chi connectivity index (χ0v) is 41.0. The predicted octanol–water partition coefficient (Wildman–Crippen LogP) is 15.7. The minimum Gasteiger partial charge on any atom is -0.332 e. The van der Waals surface area contributed by atoms with Crippen molar-refractivity contribution in [2.45, 2.75) is 39.4 Å². The van der Waals surface area contributed by atoms with Gasteiger partial charge in [-0.2, -0.15) is 11.3 Å². The van der Waals surface area contributed by atoms with Gasteiger partial charge in [-0.15, -0.1) is 54.1 Å². The second-order valence-corrected chi connectivity index (χ2v) is 23.4. The van der Waals surface area contributed by atoms with Gasteiger partial charge in [0.25, 0.3) is 0 Å². The second-order valence-electron chi connectivity index (χ2n) is 17.3. The summed E-state index contributed by atoms with van der Waals surface area (Å²) >= 11 is 1.59. The van der Waals surface area contributed by atoms with Gasteiger partial charge in [0.1, 0.15) is 5.82 Å². The number of benzene rings is 8. The van der Waals surface area contributed by atoms with Crippen molar-refractivity contribution in [3.05, 3.63) is 206 Å². The molecule has 1 radical (unpaired) electrons. The smallest absolute Gasteiger partial charge is 0.124 e. The third-order valence-corrected chi connectivity index (χ3v) is 15.0. The van der Waals surface area contributed by atoms with E-state index in [2.05, 4.69) is 169 Å². The monoisotopic (exact) mass is 1060 g/mol. The van der Waals surface area contributed by atoms with Crippen LogP contribution in [0.5, 0.6) is 0 Å². The van der Waals surface area contributed by atoms with Gasteiger partial charge in [-0.1, -0.05) is 171 Å². The van der Waals surface area contributed by atoms with Crippen LogP contribution in [0, 0.1) is 17.9 Å². The summed E-state index contributed by atoms with van der Waals surface area (Å²) in [5, 5.41) is 5.66. The third kappa shape index (κ3) is 8.42. The molecule has 8 aromatic carbocycles. The Bertz CT molecular complexity index is 3470. The number of imidazole rings is 1. The summed E-state index contributed by atoms with van der Waals surface area (Å²) in [6.07, 6.45) is 1.98. The Labute approximate surface area is 400 Å². The van der Waals surface area contributed by atoms with Gasteiger partial charge in [-0.25, -0.2) is 4.39 Å². The normalized spacial score (nSPS) is 11.9. The molecule has 0 aliphatic carbocycles. The van der Waals surface area contributed by atoms with Crippen molar-refractivity contribution in [2.75, 3.05) is 0 Å². The number of halogens is 1. The van der Waals surface area contributed by atoms with Gasteiger partial charge in [0.2, 0.25) is 0 Å². The fraction of sp³-hybridized carbons (Fsp3) is 0.103. The van der Waals surface area contributed by atoms with Crippen LogP contribution in [0.25, 0.3) is 92.6 Å². The number of fused-ring (bicyclic) bond motifs is 6. The summed E-state index contributed by atoms with van der Waals surface area (Å²) in [5.74, 6) is -0.0376.